The van der Waals surface area contributed by atoms with E-state index in [0.717, 1.165) is 10.1 Å². The number of hydrogen-bond donors (Lipinski definition) is 1. The third-order valence-electron chi connectivity index (χ3n) is 4.95. The maximum atomic E-state index is 13.2. The van der Waals surface area contributed by atoms with Crippen molar-refractivity contribution in [1.29, 1.82) is 0 Å². The van der Waals surface area contributed by atoms with Gasteiger partial charge in [0.25, 0.3) is 5.56 Å². The summed E-state index contributed by atoms with van der Waals surface area (Å²) < 4.78 is 15.4. The molecule has 7 nitrogen and oxygen atoms in total. The zero-order valence-electron chi connectivity index (χ0n) is 16.7. The fourth-order valence-corrected chi connectivity index (χ4v) is 3.35. The predicted octanol–water partition coefficient (Wildman–Crippen LogP) is 2.69. The van der Waals surface area contributed by atoms with Crippen molar-refractivity contribution in [3.8, 4) is 0 Å². The molecule has 2 aromatic heterocycles. The summed E-state index contributed by atoms with van der Waals surface area (Å²) in [4.78, 5) is 42.9. The number of carbonyl (C=O) groups excluding carboxylic acids is 1. The van der Waals surface area contributed by atoms with Crippen LogP contribution < -0.4 is 16.6 Å². The van der Waals surface area contributed by atoms with E-state index < -0.39 is 23.0 Å². The van der Waals surface area contributed by atoms with Gasteiger partial charge in [-0.05, 0) is 48.4 Å². The first-order chi connectivity index (χ1) is 14.9. The third kappa shape index (κ3) is 4.13. The average Bonchev–Trinajstić information content (AvgIpc) is 2.77. The molecule has 0 aliphatic carbocycles. The first-order valence-electron chi connectivity index (χ1n) is 9.62. The van der Waals surface area contributed by atoms with E-state index in [-0.39, 0.29) is 24.1 Å². The Kier molecular flexibility index (Phi) is 5.44. The number of fused-ring (bicyclic) bond motifs is 1. The number of anilines is 1. The SMILES string of the molecule is Cc1ccccc1NC(=O)Cn1c(=O)n(Cc2ccc(F)cc2)c(=O)c2cccnc21. The quantitative estimate of drug-likeness (QED) is 0.540. The molecule has 0 atom stereocenters. The minimum atomic E-state index is -0.666. The summed E-state index contributed by atoms with van der Waals surface area (Å²) >= 11 is 0. The Balaban J connectivity index is 1.76. The van der Waals surface area contributed by atoms with Gasteiger partial charge in [0.1, 0.15) is 18.0 Å². The Bertz CT molecular complexity index is 1390. The van der Waals surface area contributed by atoms with Crippen LogP contribution in [0.4, 0.5) is 10.1 Å². The van der Waals surface area contributed by atoms with Crippen molar-refractivity contribution in [2.24, 2.45) is 0 Å². The number of benzene rings is 2. The Morgan fingerprint density at radius 2 is 1.74 bits per heavy atom. The highest BCUT2D eigenvalue weighted by atomic mass is 19.1. The molecule has 0 unspecified atom stereocenters. The van der Waals surface area contributed by atoms with Crippen molar-refractivity contribution in [2.45, 2.75) is 20.0 Å². The largest absolute Gasteiger partial charge is 0.333 e. The van der Waals surface area contributed by atoms with Crippen molar-refractivity contribution < 1.29 is 9.18 Å². The van der Waals surface area contributed by atoms with Gasteiger partial charge in [-0.25, -0.2) is 14.2 Å². The van der Waals surface area contributed by atoms with Crippen molar-refractivity contribution >= 4 is 22.6 Å². The molecule has 0 bridgehead atoms. The van der Waals surface area contributed by atoms with Gasteiger partial charge in [0.2, 0.25) is 5.91 Å². The number of nitrogens with zero attached hydrogens (tertiary/aromatic N) is 3. The molecule has 0 radical (unpaired) electrons. The van der Waals surface area contributed by atoms with Gasteiger partial charge >= 0.3 is 5.69 Å². The molecule has 0 spiro atoms. The van der Waals surface area contributed by atoms with Crippen LogP contribution in [0.1, 0.15) is 11.1 Å². The number of para-hydroxylation sites is 1. The minimum absolute atomic E-state index is 0.0534. The molecule has 156 valence electrons. The molecule has 0 aliphatic heterocycles. The highest BCUT2D eigenvalue weighted by Gasteiger charge is 2.17. The molecular weight excluding hydrogens is 399 g/mol. The summed E-state index contributed by atoms with van der Waals surface area (Å²) in [6, 6.07) is 16.0. The van der Waals surface area contributed by atoms with Gasteiger partial charge in [0, 0.05) is 11.9 Å². The lowest BCUT2D eigenvalue weighted by Crippen LogP contribution is -2.42. The second-order valence-electron chi connectivity index (χ2n) is 7.12. The molecule has 0 fully saturated rings. The van der Waals surface area contributed by atoms with E-state index in [1.54, 1.807) is 24.3 Å². The predicted molar refractivity (Wildman–Crippen MR) is 116 cm³/mol. The van der Waals surface area contributed by atoms with Crippen LogP contribution >= 0.6 is 0 Å². The van der Waals surface area contributed by atoms with Gasteiger partial charge in [0.05, 0.1) is 11.9 Å². The molecule has 1 amide bonds. The lowest BCUT2D eigenvalue weighted by atomic mass is 10.2. The number of amides is 1. The number of hydrogen-bond acceptors (Lipinski definition) is 4. The van der Waals surface area contributed by atoms with E-state index in [4.69, 9.17) is 0 Å². The maximum Gasteiger partial charge on any atom is 0.333 e. The van der Waals surface area contributed by atoms with Crippen LogP contribution in [0.2, 0.25) is 0 Å². The summed E-state index contributed by atoms with van der Waals surface area (Å²) in [6.07, 6.45) is 1.46. The van der Waals surface area contributed by atoms with E-state index in [1.165, 1.54) is 35.0 Å². The topological polar surface area (TPSA) is 86.0 Å². The van der Waals surface area contributed by atoms with Gasteiger partial charge < -0.3 is 5.32 Å². The number of rotatable bonds is 5. The zero-order chi connectivity index (χ0) is 22.0. The van der Waals surface area contributed by atoms with Crippen LogP contribution in [0.3, 0.4) is 0 Å². The molecule has 4 rings (SSSR count). The Labute approximate surface area is 176 Å². The molecule has 2 aromatic carbocycles. The normalized spacial score (nSPS) is 10.9. The van der Waals surface area contributed by atoms with Gasteiger partial charge in [-0.1, -0.05) is 30.3 Å². The third-order valence-corrected chi connectivity index (χ3v) is 4.95. The zero-order valence-corrected chi connectivity index (χ0v) is 16.7. The second kappa shape index (κ2) is 8.35. The van der Waals surface area contributed by atoms with Crippen molar-refractivity contribution in [3.05, 3.63) is 105 Å². The van der Waals surface area contributed by atoms with Crippen LogP contribution in [0.25, 0.3) is 11.0 Å². The highest BCUT2D eigenvalue weighted by Crippen LogP contribution is 2.13. The van der Waals surface area contributed by atoms with Crippen LogP contribution in [0.5, 0.6) is 0 Å². The number of pyridine rings is 1. The highest BCUT2D eigenvalue weighted by molar-refractivity contribution is 5.92. The first-order valence-corrected chi connectivity index (χ1v) is 9.62. The van der Waals surface area contributed by atoms with E-state index in [1.807, 2.05) is 19.1 Å². The molecule has 31 heavy (non-hydrogen) atoms. The second-order valence-corrected chi connectivity index (χ2v) is 7.12. The van der Waals surface area contributed by atoms with Crippen LogP contribution in [0, 0.1) is 12.7 Å². The summed E-state index contributed by atoms with van der Waals surface area (Å²) in [5.74, 6) is -0.834. The fraction of sp³-hybridized carbons (Fsp3) is 0.130. The Hall–Kier alpha value is -4.07. The molecule has 0 saturated carbocycles. The van der Waals surface area contributed by atoms with Gasteiger partial charge in [0.15, 0.2) is 0 Å². The van der Waals surface area contributed by atoms with Gasteiger partial charge in [-0.15, -0.1) is 0 Å². The van der Waals surface area contributed by atoms with Crippen LogP contribution in [0.15, 0.2) is 76.4 Å². The molecule has 0 aliphatic rings. The Morgan fingerprint density at radius 3 is 2.48 bits per heavy atom. The molecular formula is C23H19FN4O3. The number of carbonyl (C=O) groups is 1. The number of nitrogens with one attached hydrogen (secondary N) is 1. The van der Waals surface area contributed by atoms with Crippen LogP contribution in [-0.2, 0) is 17.9 Å². The maximum absolute atomic E-state index is 13.2. The molecule has 2 heterocycles. The summed E-state index contributed by atoms with van der Waals surface area (Å²) in [5, 5.41) is 3.00. The lowest BCUT2D eigenvalue weighted by Gasteiger charge is -2.14. The van der Waals surface area contributed by atoms with Gasteiger partial charge in [-0.2, -0.15) is 0 Å². The van der Waals surface area contributed by atoms with Crippen molar-refractivity contribution in [2.75, 3.05) is 5.32 Å². The monoisotopic (exact) mass is 418 g/mol. The first kappa shape index (κ1) is 20.2. The molecule has 4 aromatic rings. The number of aryl methyl sites for hydroxylation is 1. The van der Waals surface area contributed by atoms with Gasteiger partial charge in [-0.3, -0.25) is 18.7 Å². The summed E-state index contributed by atoms with van der Waals surface area (Å²) in [5.41, 5.74) is 1.05. The summed E-state index contributed by atoms with van der Waals surface area (Å²) in [7, 11) is 0. The Morgan fingerprint density at radius 1 is 1.00 bits per heavy atom. The van der Waals surface area contributed by atoms with Crippen molar-refractivity contribution in [3.63, 3.8) is 0 Å². The number of aromatic nitrogens is 3. The van der Waals surface area contributed by atoms with E-state index in [9.17, 15) is 18.8 Å². The summed E-state index contributed by atoms with van der Waals surface area (Å²) in [6.45, 7) is 1.49. The minimum Gasteiger partial charge on any atom is -0.324 e. The standard InChI is InChI=1S/C23H19FN4O3/c1-15-5-2-3-7-19(15)26-20(29)14-27-21-18(6-4-12-25-21)22(30)28(23(27)31)13-16-8-10-17(24)11-9-16/h2-12H,13-14H2,1H3,(H,26,29). The van der Waals surface area contributed by atoms with Crippen LogP contribution in [-0.4, -0.2) is 20.0 Å². The number of halogens is 1. The smallest absolute Gasteiger partial charge is 0.324 e. The van der Waals surface area contributed by atoms with Crippen molar-refractivity contribution in [1.82, 2.24) is 14.1 Å². The van der Waals surface area contributed by atoms with E-state index >= 15 is 0 Å². The van der Waals surface area contributed by atoms with E-state index in [2.05, 4.69) is 10.3 Å². The molecule has 1 N–H and O–H groups in total. The molecule has 8 heteroatoms. The average molecular weight is 418 g/mol. The lowest BCUT2D eigenvalue weighted by molar-refractivity contribution is -0.116. The fourth-order valence-electron chi connectivity index (χ4n) is 3.35. The van der Waals surface area contributed by atoms with E-state index in [0.29, 0.717) is 11.3 Å². The molecule has 0 saturated heterocycles.